The van der Waals surface area contributed by atoms with Gasteiger partial charge in [-0.05, 0) is 30.3 Å². The van der Waals surface area contributed by atoms with E-state index in [4.69, 9.17) is 0 Å². The lowest BCUT2D eigenvalue weighted by molar-refractivity contribution is 0.0791. The summed E-state index contributed by atoms with van der Waals surface area (Å²) in [5.74, 6) is -0.0307. The zero-order chi connectivity index (χ0) is 14.4. The maximum atomic E-state index is 12.3. The third kappa shape index (κ3) is 3.03. The molecule has 102 valence electrons. The van der Waals surface area contributed by atoms with Crippen LogP contribution in [0.4, 0.5) is 0 Å². The average molecular weight is 267 g/mol. The van der Waals surface area contributed by atoms with E-state index in [-0.39, 0.29) is 5.91 Å². The summed E-state index contributed by atoms with van der Waals surface area (Å²) in [7, 11) is 0. The van der Waals surface area contributed by atoms with Crippen molar-refractivity contribution in [3.8, 4) is 5.69 Å². The molecule has 0 saturated heterocycles. The molecule has 4 nitrogen and oxygen atoms in total. The number of rotatable bonds is 6. The molecule has 20 heavy (non-hydrogen) atoms. The third-order valence-electron chi connectivity index (χ3n) is 2.87. The standard InChI is InChI=1S/C16H17N3O/c1-3-11-18(12-4-2)16(20)14-6-8-15(9-7-14)19-13-5-10-17-19/h3-10,13H,1-2,11-12H2. The van der Waals surface area contributed by atoms with E-state index in [2.05, 4.69) is 18.3 Å². The minimum atomic E-state index is -0.0307. The smallest absolute Gasteiger partial charge is 0.254 e. The maximum Gasteiger partial charge on any atom is 0.254 e. The van der Waals surface area contributed by atoms with Gasteiger partial charge in [-0.3, -0.25) is 4.79 Å². The molecule has 0 bridgehead atoms. The number of carbonyl (C=O) groups excluding carboxylic acids is 1. The lowest BCUT2D eigenvalue weighted by atomic mass is 10.1. The van der Waals surface area contributed by atoms with Gasteiger partial charge in [0.2, 0.25) is 0 Å². The summed E-state index contributed by atoms with van der Waals surface area (Å²) in [5.41, 5.74) is 1.56. The molecule has 0 unspecified atom stereocenters. The molecular formula is C16H17N3O. The number of carbonyl (C=O) groups is 1. The van der Waals surface area contributed by atoms with Crippen molar-refractivity contribution in [3.63, 3.8) is 0 Å². The zero-order valence-corrected chi connectivity index (χ0v) is 11.3. The molecule has 0 radical (unpaired) electrons. The van der Waals surface area contributed by atoms with Crippen molar-refractivity contribution in [3.05, 3.63) is 73.6 Å². The maximum absolute atomic E-state index is 12.3. The first-order valence-electron chi connectivity index (χ1n) is 6.37. The molecule has 2 rings (SSSR count). The Morgan fingerprint density at radius 3 is 2.35 bits per heavy atom. The first-order valence-corrected chi connectivity index (χ1v) is 6.37. The second-order valence-electron chi connectivity index (χ2n) is 4.28. The molecule has 0 saturated carbocycles. The van der Waals surface area contributed by atoms with Crippen molar-refractivity contribution in [1.29, 1.82) is 0 Å². The molecule has 1 heterocycles. The van der Waals surface area contributed by atoms with Gasteiger partial charge in [0.1, 0.15) is 0 Å². The lowest BCUT2D eigenvalue weighted by Gasteiger charge is -2.19. The summed E-state index contributed by atoms with van der Waals surface area (Å²) >= 11 is 0. The van der Waals surface area contributed by atoms with E-state index in [0.29, 0.717) is 18.7 Å². The highest BCUT2D eigenvalue weighted by molar-refractivity contribution is 5.94. The largest absolute Gasteiger partial charge is 0.331 e. The molecule has 0 aliphatic rings. The molecular weight excluding hydrogens is 250 g/mol. The van der Waals surface area contributed by atoms with Gasteiger partial charge in [-0.2, -0.15) is 5.10 Å². The van der Waals surface area contributed by atoms with Crippen LogP contribution in [0.2, 0.25) is 0 Å². The Morgan fingerprint density at radius 1 is 1.20 bits per heavy atom. The van der Waals surface area contributed by atoms with Crippen LogP contribution in [0.25, 0.3) is 5.69 Å². The van der Waals surface area contributed by atoms with E-state index in [1.54, 1.807) is 40.1 Å². The first-order chi connectivity index (χ1) is 9.76. The lowest BCUT2D eigenvalue weighted by Crippen LogP contribution is -2.31. The predicted octanol–water partition coefficient (Wildman–Crippen LogP) is 2.69. The highest BCUT2D eigenvalue weighted by Gasteiger charge is 2.13. The van der Waals surface area contributed by atoms with Crippen LogP contribution in [-0.2, 0) is 0 Å². The van der Waals surface area contributed by atoms with Crippen molar-refractivity contribution in [2.75, 3.05) is 13.1 Å². The fourth-order valence-electron chi connectivity index (χ4n) is 1.91. The zero-order valence-electron chi connectivity index (χ0n) is 11.3. The molecule has 0 N–H and O–H groups in total. The van der Waals surface area contributed by atoms with Crippen LogP contribution in [0.15, 0.2) is 68.0 Å². The SMILES string of the molecule is C=CCN(CC=C)C(=O)c1ccc(-n2cccn2)cc1. The summed E-state index contributed by atoms with van der Waals surface area (Å²) < 4.78 is 1.75. The quantitative estimate of drug-likeness (QED) is 0.755. The van der Waals surface area contributed by atoms with Crippen molar-refractivity contribution < 1.29 is 4.79 Å². The summed E-state index contributed by atoms with van der Waals surface area (Å²) in [6, 6.07) is 9.21. The van der Waals surface area contributed by atoms with Gasteiger partial charge < -0.3 is 4.90 Å². The summed E-state index contributed by atoms with van der Waals surface area (Å²) in [6.07, 6.45) is 6.99. The number of benzene rings is 1. The van der Waals surface area contributed by atoms with Gasteiger partial charge in [0.15, 0.2) is 0 Å². The number of amides is 1. The molecule has 1 aromatic carbocycles. The van der Waals surface area contributed by atoms with E-state index in [0.717, 1.165) is 5.69 Å². The van der Waals surface area contributed by atoms with E-state index in [1.165, 1.54) is 0 Å². The second kappa shape index (κ2) is 6.52. The molecule has 2 aromatic rings. The Kier molecular flexibility index (Phi) is 4.50. The summed E-state index contributed by atoms with van der Waals surface area (Å²) in [4.78, 5) is 14.0. The fraction of sp³-hybridized carbons (Fsp3) is 0.125. The Balaban J connectivity index is 2.18. The van der Waals surface area contributed by atoms with E-state index in [1.807, 2.05) is 24.4 Å². The highest BCUT2D eigenvalue weighted by Crippen LogP contribution is 2.11. The van der Waals surface area contributed by atoms with Crippen LogP contribution in [0.1, 0.15) is 10.4 Å². The Hall–Kier alpha value is -2.62. The Bertz CT molecular complexity index is 575. The molecule has 0 spiro atoms. The number of hydrogen-bond donors (Lipinski definition) is 0. The average Bonchev–Trinajstić information content (AvgIpc) is 3.01. The van der Waals surface area contributed by atoms with Gasteiger partial charge in [-0.25, -0.2) is 4.68 Å². The molecule has 4 heteroatoms. The topological polar surface area (TPSA) is 38.1 Å². The van der Waals surface area contributed by atoms with E-state index >= 15 is 0 Å². The fourth-order valence-corrected chi connectivity index (χ4v) is 1.91. The van der Waals surface area contributed by atoms with E-state index in [9.17, 15) is 4.79 Å². The molecule has 1 amide bonds. The molecule has 1 aromatic heterocycles. The van der Waals surface area contributed by atoms with Crippen LogP contribution >= 0.6 is 0 Å². The summed E-state index contributed by atoms with van der Waals surface area (Å²) in [6.45, 7) is 8.35. The first kappa shape index (κ1) is 13.8. The molecule has 0 atom stereocenters. The highest BCUT2D eigenvalue weighted by atomic mass is 16.2. The number of aromatic nitrogens is 2. The predicted molar refractivity (Wildman–Crippen MR) is 79.9 cm³/mol. The normalized spacial score (nSPS) is 10.0. The van der Waals surface area contributed by atoms with Gasteiger partial charge in [-0.15, -0.1) is 13.2 Å². The van der Waals surface area contributed by atoms with Gasteiger partial charge >= 0.3 is 0 Å². The van der Waals surface area contributed by atoms with Crippen LogP contribution in [0, 0.1) is 0 Å². The van der Waals surface area contributed by atoms with Crippen LogP contribution < -0.4 is 0 Å². The van der Waals surface area contributed by atoms with Crippen LogP contribution in [0.3, 0.4) is 0 Å². The third-order valence-corrected chi connectivity index (χ3v) is 2.87. The molecule has 0 aliphatic carbocycles. The van der Waals surface area contributed by atoms with Gasteiger partial charge in [-0.1, -0.05) is 12.2 Å². The van der Waals surface area contributed by atoms with Gasteiger partial charge in [0.25, 0.3) is 5.91 Å². The van der Waals surface area contributed by atoms with Crippen molar-refractivity contribution >= 4 is 5.91 Å². The molecule has 0 fully saturated rings. The Morgan fingerprint density at radius 2 is 1.85 bits per heavy atom. The Labute approximate surface area is 118 Å². The van der Waals surface area contributed by atoms with Gasteiger partial charge in [0.05, 0.1) is 5.69 Å². The minimum Gasteiger partial charge on any atom is -0.331 e. The molecule has 0 aliphatic heterocycles. The van der Waals surface area contributed by atoms with E-state index < -0.39 is 0 Å². The second-order valence-corrected chi connectivity index (χ2v) is 4.28. The van der Waals surface area contributed by atoms with Gasteiger partial charge in [0, 0.05) is 31.0 Å². The number of hydrogen-bond acceptors (Lipinski definition) is 2. The summed E-state index contributed by atoms with van der Waals surface area (Å²) in [5, 5.41) is 4.15. The van der Waals surface area contributed by atoms with Crippen molar-refractivity contribution in [1.82, 2.24) is 14.7 Å². The van der Waals surface area contributed by atoms with Crippen LogP contribution in [0.5, 0.6) is 0 Å². The number of nitrogens with zero attached hydrogens (tertiary/aromatic N) is 3. The van der Waals surface area contributed by atoms with Crippen molar-refractivity contribution in [2.45, 2.75) is 0 Å². The minimum absolute atomic E-state index is 0.0307. The van der Waals surface area contributed by atoms with Crippen LogP contribution in [-0.4, -0.2) is 33.7 Å². The van der Waals surface area contributed by atoms with Crippen molar-refractivity contribution in [2.24, 2.45) is 0 Å². The monoisotopic (exact) mass is 267 g/mol.